The summed E-state index contributed by atoms with van der Waals surface area (Å²) in [6.07, 6.45) is 2.73. The number of amides is 1. The quantitative estimate of drug-likeness (QED) is 0.483. The molecule has 0 saturated carbocycles. The Kier molecular flexibility index (Phi) is 4.48. The maximum absolute atomic E-state index is 14.1. The first-order chi connectivity index (χ1) is 13.1. The molecule has 1 aliphatic rings. The Morgan fingerprint density at radius 1 is 1.37 bits per heavy atom. The van der Waals surface area contributed by atoms with Gasteiger partial charge in [-0.2, -0.15) is 0 Å². The summed E-state index contributed by atoms with van der Waals surface area (Å²) in [5.41, 5.74) is 6.31. The average molecular weight is 425 g/mol. The minimum Gasteiger partial charge on any atom is -0.384 e. The molecule has 2 heterocycles. The maximum atomic E-state index is 14.1. The van der Waals surface area contributed by atoms with Gasteiger partial charge in [0.25, 0.3) is 5.91 Å². The Labute approximate surface area is 163 Å². The lowest BCUT2D eigenvalue weighted by atomic mass is 9.94. The Morgan fingerprint density at radius 3 is 3.04 bits per heavy atom. The first kappa shape index (κ1) is 17.4. The molecule has 0 fully saturated rings. The van der Waals surface area contributed by atoms with Crippen LogP contribution in [0.25, 0.3) is 10.9 Å². The molecule has 1 unspecified atom stereocenters. The SMILES string of the molecule is C=C=CC(=O)Nc1ccc2ncnc(C3CNc4cc(Br)c(F)cc43)c2c1. The van der Waals surface area contributed by atoms with Gasteiger partial charge in [0.2, 0.25) is 0 Å². The highest BCUT2D eigenvalue weighted by atomic mass is 79.9. The predicted molar refractivity (Wildman–Crippen MR) is 106 cm³/mol. The van der Waals surface area contributed by atoms with Gasteiger partial charge >= 0.3 is 0 Å². The molecule has 4 rings (SSSR count). The van der Waals surface area contributed by atoms with Crippen molar-refractivity contribution in [1.29, 1.82) is 0 Å². The van der Waals surface area contributed by atoms with Gasteiger partial charge in [-0.15, -0.1) is 5.73 Å². The molecule has 0 radical (unpaired) electrons. The van der Waals surface area contributed by atoms with Crippen molar-refractivity contribution in [3.05, 3.63) is 76.6 Å². The predicted octanol–water partition coefficient (Wildman–Crippen LogP) is 4.37. The van der Waals surface area contributed by atoms with Crippen molar-refractivity contribution in [2.24, 2.45) is 0 Å². The number of hydrogen-bond donors (Lipinski definition) is 2. The highest BCUT2D eigenvalue weighted by Gasteiger charge is 2.28. The summed E-state index contributed by atoms with van der Waals surface area (Å²) in [6.45, 7) is 4.00. The first-order valence-corrected chi connectivity index (χ1v) is 9.00. The Hall–Kier alpha value is -3.02. The highest BCUT2D eigenvalue weighted by molar-refractivity contribution is 9.10. The van der Waals surface area contributed by atoms with Gasteiger partial charge in [-0.25, -0.2) is 14.4 Å². The number of nitrogens with one attached hydrogen (secondary N) is 2. The molecule has 1 atom stereocenters. The van der Waals surface area contributed by atoms with Crippen molar-refractivity contribution in [3.8, 4) is 0 Å². The van der Waals surface area contributed by atoms with Crippen LogP contribution in [-0.4, -0.2) is 22.4 Å². The monoisotopic (exact) mass is 424 g/mol. The van der Waals surface area contributed by atoms with Gasteiger partial charge in [0.05, 0.1) is 15.7 Å². The van der Waals surface area contributed by atoms with E-state index in [9.17, 15) is 9.18 Å². The third-order valence-electron chi connectivity index (χ3n) is 4.46. The van der Waals surface area contributed by atoms with E-state index in [1.54, 1.807) is 12.1 Å². The molecular weight excluding hydrogens is 411 g/mol. The molecule has 1 amide bonds. The number of hydrogen-bond acceptors (Lipinski definition) is 4. The second-order valence-corrected chi connectivity index (χ2v) is 6.97. The number of anilines is 2. The van der Waals surface area contributed by atoms with Crippen LogP contribution in [0.3, 0.4) is 0 Å². The highest BCUT2D eigenvalue weighted by Crippen LogP contribution is 2.40. The van der Waals surface area contributed by atoms with E-state index in [0.717, 1.165) is 27.8 Å². The smallest absolute Gasteiger partial charge is 0.256 e. The van der Waals surface area contributed by atoms with Gasteiger partial charge in [0, 0.05) is 35.3 Å². The fraction of sp³-hybridized carbons (Fsp3) is 0.100. The molecule has 7 heteroatoms. The molecule has 0 bridgehead atoms. The zero-order valence-corrected chi connectivity index (χ0v) is 15.7. The number of halogens is 2. The van der Waals surface area contributed by atoms with Gasteiger partial charge in [-0.1, -0.05) is 6.58 Å². The molecule has 27 heavy (non-hydrogen) atoms. The number of aromatic nitrogens is 2. The number of rotatable bonds is 3. The van der Waals surface area contributed by atoms with Crippen molar-refractivity contribution < 1.29 is 9.18 Å². The van der Waals surface area contributed by atoms with Crippen molar-refractivity contribution in [1.82, 2.24) is 9.97 Å². The van der Waals surface area contributed by atoms with Gasteiger partial charge in [-0.3, -0.25) is 4.79 Å². The second kappa shape index (κ2) is 6.95. The normalized spacial score (nSPS) is 15.0. The van der Waals surface area contributed by atoms with Crippen molar-refractivity contribution >= 4 is 44.1 Å². The molecule has 3 aromatic rings. The van der Waals surface area contributed by atoms with Crippen LogP contribution < -0.4 is 10.6 Å². The number of nitrogens with zero attached hydrogens (tertiary/aromatic N) is 2. The molecule has 1 aromatic heterocycles. The van der Waals surface area contributed by atoms with Gasteiger partial charge < -0.3 is 10.6 Å². The Balaban J connectivity index is 1.80. The Morgan fingerprint density at radius 2 is 2.22 bits per heavy atom. The van der Waals surface area contributed by atoms with Crippen LogP contribution in [0.4, 0.5) is 15.8 Å². The maximum Gasteiger partial charge on any atom is 0.256 e. The number of carbonyl (C=O) groups excluding carboxylic acids is 1. The van der Waals surface area contributed by atoms with Crippen LogP contribution >= 0.6 is 15.9 Å². The molecule has 0 saturated heterocycles. The van der Waals surface area contributed by atoms with Gasteiger partial charge in [0.1, 0.15) is 12.1 Å². The van der Waals surface area contributed by atoms with Crippen LogP contribution in [0, 0.1) is 5.82 Å². The summed E-state index contributed by atoms with van der Waals surface area (Å²) >= 11 is 3.22. The summed E-state index contributed by atoms with van der Waals surface area (Å²) in [7, 11) is 0. The summed E-state index contributed by atoms with van der Waals surface area (Å²) in [5, 5.41) is 6.86. The molecule has 5 nitrogen and oxygen atoms in total. The molecule has 0 spiro atoms. The minimum absolute atomic E-state index is 0.118. The molecule has 2 aromatic carbocycles. The number of fused-ring (bicyclic) bond motifs is 2. The number of benzene rings is 2. The topological polar surface area (TPSA) is 66.9 Å². The summed E-state index contributed by atoms with van der Waals surface area (Å²) in [6, 6.07) is 8.68. The molecule has 1 aliphatic heterocycles. The summed E-state index contributed by atoms with van der Waals surface area (Å²) in [4.78, 5) is 20.5. The van der Waals surface area contributed by atoms with E-state index in [1.165, 1.54) is 18.5 Å². The zero-order chi connectivity index (χ0) is 19.0. The third kappa shape index (κ3) is 3.23. The van der Waals surface area contributed by atoms with Gasteiger partial charge in [0.15, 0.2) is 0 Å². The lowest BCUT2D eigenvalue weighted by Crippen LogP contribution is -2.09. The molecular formula is C20H14BrFN4O. The van der Waals surface area contributed by atoms with Crippen LogP contribution in [0.15, 0.2) is 59.5 Å². The van der Waals surface area contributed by atoms with E-state index in [4.69, 9.17) is 0 Å². The van der Waals surface area contributed by atoms with Crippen LogP contribution in [0.2, 0.25) is 0 Å². The van der Waals surface area contributed by atoms with Crippen molar-refractivity contribution in [2.75, 3.05) is 17.2 Å². The summed E-state index contributed by atoms with van der Waals surface area (Å²) in [5.74, 6) is -0.750. The van der Waals surface area contributed by atoms with E-state index in [1.807, 2.05) is 12.1 Å². The van der Waals surface area contributed by atoms with E-state index in [0.29, 0.717) is 16.7 Å². The zero-order valence-electron chi connectivity index (χ0n) is 14.1. The third-order valence-corrected chi connectivity index (χ3v) is 5.07. The summed E-state index contributed by atoms with van der Waals surface area (Å²) < 4.78 is 14.5. The lowest BCUT2D eigenvalue weighted by Gasteiger charge is -2.13. The van der Waals surface area contributed by atoms with E-state index in [-0.39, 0.29) is 17.6 Å². The molecule has 0 aliphatic carbocycles. The molecule has 2 N–H and O–H groups in total. The lowest BCUT2D eigenvalue weighted by molar-refractivity contribution is -0.111. The largest absolute Gasteiger partial charge is 0.384 e. The first-order valence-electron chi connectivity index (χ1n) is 8.21. The number of carbonyl (C=O) groups is 1. The average Bonchev–Trinajstić information content (AvgIpc) is 3.04. The minimum atomic E-state index is -0.317. The van der Waals surface area contributed by atoms with Gasteiger partial charge in [-0.05, 0) is 51.8 Å². The van der Waals surface area contributed by atoms with Crippen LogP contribution in [0.1, 0.15) is 17.2 Å². The van der Waals surface area contributed by atoms with E-state index in [2.05, 4.69) is 48.8 Å². The Bertz CT molecular complexity index is 1120. The van der Waals surface area contributed by atoms with Crippen LogP contribution in [-0.2, 0) is 4.79 Å². The van der Waals surface area contributed by atoms with Crippen molar-refractivity contribution in [3.63, 3.8) is 0 Å². The second-order valence-electron chi connectivity index (χ2n) is 6.12. The van der Waals surface area contributed by atoms with E-state index >= 15 is 0 Å². The molecule has 134 valence electrons. The fourth-order valence-corrected chi connectivity index (χ4v) is 3.62. The van der Waals surface area contributed by atoms with Crippen LogP contribution in [0.5, 0.6) is 0 Å². The van der Waals surface area contributed by atoms with E-state index < -0.39 is 0 Å². The van der Waals surface area contributed by atoms with Crippen molar-refractivity contribution in [2.45, 2.75) is 5.92 Å². The standard InChI is InChI=1S/C20H14BrFN4O/c1-2-3-19(27)26-11-4-5-17-13(6-11)20(25-10-24-17)14-9-23-18-8-15(21)16(22)7-12(14)18/h3-8,10,14,23H,1,9H2,(H,26,27). The fourth-order valence-electron chi connectivity index (χ4n) is 3.27.